The zero-order chi connectivity index (χ0) is 16.5. The van der Waals surface area contributed by atoms with Gasteiger partial charge in [-0.1, -0.05) is 13.3 Å². The number of rotatable bonds is 7. The molecular weight excluding hydrogens is 298 g/mol. The van der Waals surface area contributed by atoms with Gasteiger partial charge in [-0.15, -0.1) is 0 Å². The van der Waals surface area contributed by atoms with Gasteiger partial charge in [-0.3, -0.25) is 20.2 Å². The van der Waals surface area contributed by atoms with Crippen LogP contribution in [0.4, 0.5) is 10.7 Å². The molecule has 0 saturated carbocycles. The van der Waals surface area contributed by atoms with Gasteiger partial charge in [0.15, 0.2) is 6.61 Å². The standard InChI is InChI=1S/C12H15N3O7/c1-2-3-6-13-12(18)14-9(16)7-21-11(17)8-4-5-10(22-8)15(19)20/h4-5H,2-3,6-7H2,1H3,(H2,13,14,16,18). The molecule has 0 spiro atoms. The third-order valence-electron chi connectivity index (χ3n) is 2.38. The van der Waals surface area contributed by atoms with Crippen molar-refractivity contribution < 1.29 is 28.5 Å². The summed E-state index contributed by atoms with van der Waals surface area (Å²) in [5.41, 5.74) is 0. The highest BCUT2D eigenvalue weighted by atomic mass is 16.7. The third kappa shape index (κ3) is 5.61. The molecule has 1 heterocycles. The minimum Gasteiger partial charge on any atom is -0.450 e. The summed E-state index contributed by atoms with van der Waals surface area (Å²) in [5.74, 6) is -2.91. The van der Waals surface area contributed by atoms with Crippen molar-refractivity contribution in [1.82, 2.24) is 10.6 Å². The van der Waals surface area contributed by atoms with E-state index in [9.17, 15) is 24.5 Å². The van der Waals surface area contributed by atoms with E-state index in [1.54, 1.807) is 0 Å². The van der Waals surface area contributed by atoms with Crippen LogP contribution in [-0.4, -0.2) is 36.0 Å². The molecule has 0 aliphatic carbocycles. The lowest BCUT2D eigenvalue weighted by atomic mass is 10.3. The van der Waals surface area contributed by atoms with Crippen LogP contribution in [0.1, 0.15) is 30.3 Å². The van der Waals surface area contributed by atoms with Crippen LogP contribution < -0.4 is 10.6 Å². The highest BCUT2D eigenvalue weighted by Gasteiger charge is 2.19. The van der Waals surface area contributed by atoms with Crippen molar-refractivity contribution in [1.29, 1.82) is 0 Å². The third-order valence-corrected chi connectivity index (χ3v) is 2.38. The molecule has 1 aromatic rings. The normalized spacial score (nSPS) is 9.86. The van der Waals surface area contributed by atoms with Gasteiger partial charge < -0.3 is 14.5 Å². The Balaban J connectivity index is 2.35. The first-order chi connectivity index (χ1) is 10.4. The van der Waals surface area contributed by atoms with Gasteiger partial charge >= 0.3 is 17.9 Å². The summed E-state index contributed by atoms with van der Waals surface area (Å²) in [6.07, 6.45) is 1.66. The van der Waals surface area contributed by atoms with Crippen molar-refractivity contribution in [3.05, 3.63) is 28.0 Å². The van der Waals surface area contributed by atoms with Crippen LogP contribution in [0.5, 0.6) is 0 Å². The molecule has 120 valence electrons. The van der Waals surface area contributed by atoms with Crippen molar-refractivity contribution in [2.24, 2.45) is 0 Å². The first-order valence-corrected chi connectivity index (χ1v) is 6.43. The molecule has 0 atom stereocenters. The molecule has 2 N–H and O–H groups in total. The number of nitro groups is 1. The maximum atomic E-state index is 11.5. The molecule has 0 aliphatic rings. The molecule has 0 unspecified atom stereocenters. The zero-order valence-corrected chi connectivity index (χ0v) is 11.8. The number of carbonyl (C=O) groups is 3. The number of esters is 1. The number of amides is 3. The van der Waals surface area contributed by atoms with Crippen LogP contribution in [-0.2, 0) is 9.53 Å². The lowest BCUT2D eigenvalue weighted by Crippen LogP contribution is -2.41. The molecule has 0 radical (unpaired) electrons. The van der Waals surface area contributed by atoms with Crippen molar-refractivity contribution in [2.75, 3.05) is 13.2 Å². The Bertz CT molecular complexity index is 567. The second kappa shape index (κ2) is 8.39. The Hall–Kier alpha value is -2.91. The van der Waals surface area contributed by atoms with Crippen LogP contribution in [0.3, 0.4) is 0 Å². The van der Waals surface area contributed by atoms with E-state index in [4.69, 9.17) is 0 Å². The maximum Gasteiger partial charge on any atom is 0.433 e. The summed E-state index contributed by atoms with van der Waals surface area (Å²) < 4.78 is 9.16. The molecule has 0 bridgehead atoms. The summed E-state index contributed by atoms with van der Waals surface area (Å²) in [6.45, 7) is 1.66. The molecule has 1 aromatic heterocycles. The number of urea groups is 1. The number of ether oxygens (including phenoxy) is 1. The van der Waals surface area contributed by atoms with Crippen LogP contribution in [0.2, 0.25) is 0 Å². The fourth-order valence-corrected chi connectivity index (χ4v) is 1.32. The van der Waals surface area contributed by atoms with Gasteiger partial charge in [-0.05, 0) is 12.5 Å². The largest absolute Gasteiger partial charge is 0.450 e. The fraction of sp³-hybridized carbons (Fsp3) is 0.417. The number of hydrogen-bond acceptors (Lipinski definition) is 7. The molecule has 10 nitrogen and oxygen atoms in total. The Labute approximate surface area is 124 Å². The van der Waals surface area contributed by atoms with Crippen molar-refractivity contribution >= 4 is 23.8 Å². The van der Waals surface area contributed by atoms with E-state index in [0.29, 0.717) is 6.54 Å². The first kappa shape index (κ1) is 17.1. The molecule has 10 heteroatoms. The summed E-state index contributed by atoms with van der Waals surface area (Å²) in [7, 11) is 0. The molecule has 0 saturated heterocycles. The van der Waals surface area contributed by atoms with Gasteiger partial charge in [-0.25, -0.2) is 9.59 Å². The molecule has 3 amide bonds. The van der Waals surface area contributed by atoms with E-state index in [1.807, 2.05) is 12.2 Å². The zero-order valence-electron chi connectivity index (χ0n) is 11.8. The van der Waals surface area contributed by atoms with E-state index in [0.717, 1.165) is 25.0 Å². The number of carbonyl (C=O) groups excluding carboxylic acids is 3. The van der Waals surface area contributed by atoms with Crippen LogP contribution >= 0.6 is 0 Å². The van der Waals surface area contributed by atoms with Crippen molar-refractivity contribution in [3.63, 3.8) is 0 Å². The monoisotopic (exact) mass is 313 g/mol. The number of furan rings is 1. The topological polar surface area (TPSA) is 141 Å². The summed E-state index contributed by atoms with van der Waals surface area (Å²) in [4.78, 5) is 43.6. The Morgan fingerprint density at radius 3 is 2.68 bits per heavy atom. The lowest BCUT2D eigenvalue weighted by Gasteiger charge is -2.06. The second-order valence-electron chi connectivity index (χ2n) is 4.13. The van der Waals surface area contributed by atoms with E-state index in [-0.39, 0.29) is 0 Å². The molecule has 0 aliphatic heterocycles. The molecular formula is C12H15N3O7. The van der Waals surface area contributed by atoms with E-state index in [1.165, 1.54) is 0 Å². The number of imide groups is 1. The van der Waals surface area contributed by atoms with Gasteiger partial charge in [-0.2, -0.15) is 0 Å². The summed E-state index contributed by atoms with van der Waals surface area (Å²) in [5, 5.41) is 14.8. The Morgan fingerprint density at radius 2 is 2.09 bits per heavy atom. The number of nitrogens with one attached hydrogen (secondary N) is 2. The van der Waals surface area contributed by atoms with Gasteiger partial charge in [0.25, 0.3) is 5.91 Å². The summed E-state index contributed by atoms with van der Waals surface area (Å²) in [6, 6.07) is 1.34. The fourth-order valence-electron chi connectivity index (χ4n) is 1.32. The SMILES string of the molecule is CCCCNC(=O)NC(=O)COC(=O)c1ccc([N+](=O)[O-])o1. The van der Waals surface area contributed by atoms with Crippen LogP contribution in [0.25, 0.3) is 0 Å². The number of unbranched alkanes of at least 4 members (excludes halogenated alkanes) is 1. The Kier molecular flexibility index (Phi) is 6.54. The highest BCUT2D eigenvalue weighted by molar-refractivity contribution is 5.96. The van der Waals surface area contributed by atoms with Gasteiger partial charge in [0.1, 0.15) is 4.92 Å². The van der Waals surface area contributed by atoms with E-state index in [2.05, 4.69) is 14.5 Å². The van der Waals surface area contributed by atoms with E-state index >= 15 is 0 Å². The summed E-state index contributed by atoms with van der Waals surface area (Å²) >= 11 is 0. The average Bonchev–Trinajstić information content (AvgIpc) is 2.95. The molecule has 22 heavy (non-hydrogen) atoms. The van der Waals surface area contributed by atoms with Crippen LogP contribution in [0, 0.1) is 10.1 Å². The van der Waals surface area contributed by atoms with Crippen LogP contribution in [0.15, 0.2) is 16.5 Å². The maximum absolute atomic E-state index is 11.5. The lowest BCUT2D eigenvalue weighted by molar-refractivity contribution is -0.402. The average molecular weight is 313 g/mol. The Morgan fingerprint density at radius 1 is 1.36 bits per heavy atom. The minimum absolute atomic E-state index is 0.410. The van der Waals surface area contributed by atoms with Crippen molar-refractivity contribution in [2.45, 2.75) is 19.8 Å². The van der Waals surface area contributed by atoms with Crippen molar-refractivity contribution in [3.8, 4) is 0 Å². The second-order valence-corrected chi connectivity index (χ2v) is 4.13. The van der Waals surface area contributed by atoms with E-state index < -0.39 is 41.1 Å². The predicted molar refractivity (Wildman–Crippen MR) is 72.1 cm³/mol. The smallest absolute Gasteiger partial charge is 0.433 e. The first-order valence-electron chi connectivity index (χ1n) is 6.43. The number of nitrogens with zero attached hydrogens (tertiary/aromatic N) is 1. The minimum atomic E-state index is -1.05. The highest BCUT2D eigenvalue weighted by Crippen LogP contribution is 2.16. The van der Waals surface area contributed by atoms with Gasteiger partial charge in [0.2, 0.25) is 5.76 Å². The number of hydrogen-bond donors (Lipinski definition) is 2. The van der Waals surface area contributed by atoms with Gasteiger partial charge in [0.05, 0.1) is 6.07 Å². The predicted octanol–water partition coefficient (Wildman–Crippen LogP) is 0.971. The molecule has 1 rings (SSSR count). The quantitative estimate of drug-likeness (QED) is 0.330. The molecule has 0 aromatic carbocycles. The molecule has 0 fully saturated rings. The van der Waals surface area contributed by atoms with Gasteiger partial charge in [0, 0.05) is 6.54 Å².